The lowest BCUT2D eigenvalue weighted by molar-refractivity contribution is 0.582. The van der Waals surface area contributed by atoms with Gasteiger partial charge in [-0.05, 0) is 44.0 Å². The molecule has 1 saturated heterocycles. The Morgan fingerprint density at radius 3 is 3.25 bits per heavy atom. The van der Waals surface area contributed by atoms with Crippen LogP contribution in [0.15, 0.2) is 18.3 Å². The van der Waals surface area contributed by atoms with Crippen molar-refractivity contribution in [3.05, 3.63) is 29.7 Å². The second kappa shape index (κ2) is 3.87. The van der Waals surface area contributed by atoms with Gasteiger partial charge in [0.1, 0.15) is 5.82 Å². The van der Waals surface area contributed by atoms with Crippen LogP contribution in [-0.2, 0) is 6.42 Å². The van der Waals surface area contributed by atoms with Crippen LogP contribution in [0.2, 0.25) is 0 Å². The fourth-order valence-corrected chi connectivity index (χ4v) is 2.33. The number of rotatable bonds is 2. The molecule has 1 fully saturated rings. The molecule has 1 N–H and O–H groups in total. The molecular formula is C12H16N4. The minimum absolute atomic E-state index is 0.578. The van der Waals surface area contributed by atoms with Gasteiger partial charge in [0.15, 0.2) is 5.65 Å². The number of hydrogen-bond donors (Lipinski definition) is 1. The van der Waals surface area contributed by atoms with Gasteiger partial charge in [0.2, 0.25) is 0 Å². The Balaban J connectivity index is 1.91. The van der Waals surface area contributed by atoms with Gasteiger partial charge in [-0.1, -0.05) is 0 Å². The zero-order valence-corrected chi connectivity index (χ0v) is 9.48. The van der Waals surface area contributed by atoms with Crippen molar-refractivity contribution in [2.75, 3.05) is 6.54 Å². The van der Waals surface area contributed by atoms with Crippen LogP contribution in [-0.4, -0.2) is 27.2 Å². The maximum Gasteiger partial charge on any atom is 0.161 e. The van der Waals surface area contributed by atoms with E-state index < -0.39 is 0 Å². The zero-order valence-electron chi connectivity index (χ0n) is 9.48. The summed E-state index contributed by atoms with van der Waals surface area (Å²) in [5.41, 5.74) is 2.18. The third kappa shape index (κ3) is 1.69. The third-order valence-electron chi connectivity index (χ3n) is 3.23. The van der Waals surface area contributed by atoms with Crippen molar-refractivity contribution in [1.82, 2.24) is 19.9 Å². The topological polar surface area (TPSA) is 42.2 Å². The van der Waals surface area contributed by atoms with Crippen molar-refractivity contribution in [2.45, 2.75) is 32.2 Å². The highest BCUT2D eigenvalue weighted by molar-refractivity contribution is 5.40. The van der Waals surface area contributed by atoms with Crippen LogP contribution in [0.25, 0.3) is 5.65 Å². The second-order valence-corrected chi connectivity index (χ2v) is 4.55. The first kappa shape index (κ1) is 9.78. The Kier molecular flexibility index (Phi) is 2.36. The number of pyridine rings is 1. The maximum absolute atomic E-state index is 4.27. The Bertz CT molecular complexity index is 497. The standard InChI is InChI=1S/C12H16N4/c1-9-4-6-16-11(7-9)14-15-12(16)8-10-3-2-5-13-10/h4,6-7,10,13H,2-3,5,8H2,1H3. The van der Waals surface area contributed by atoms with E-state index in [4.69, 9.17) is 0 Å². The molecule has 84 valence electrons. The molecule has 1 aliphatic rings. The predicted molar refractivity (Wildman–Crippen MR) is 62.5 cm³/mol. The number of fused-ring (bicyclic) bond motifs is 1. The highest BCUT2D eigenvalue weighted by atomic mass is 15.2. The molecule has 0 radical (unpaired) electrons. The van der Waals surface area contributed by atoms with Gasteiger partial charge in [0, 0.05) is 18.7 Å². The summed E-state index contributed by atoms with van der Waals surface area (Å²) in [6, 6.07) is 4.74. The number of nitrogens with zero attached hydrogens (tertiary/aromatic N) is 3. The van der Waals surface area contributed by atoms with E-state index in [-0.39, 0.29) is 0 Å². The number of nitrogens with one attached hydrogen (secondary N) is 1. The highest BCUT2D eigenvalue weighted by Crippen LogP contribution is 2.12. The SMILES string of the molecule is Cc1ccn2c(CC3CCCN3)nnc2c1. The van der Waals surface area contributed by atoms with E-state index in [9.17, 15) is 0 Å². The molecule has 0 bridgehead atoms. The summed E-state index contributed by atoms with van der Waals surface area (Å²) in [5.74, 6) is 1.06. The molecule has 16 heavy (non-hydrogen) atoms. The Morgan fingerprint density at radius 2 is 2.44 bits per heavy atom. The molecule has 1 unspecified atom stereocenters. The maximum atomic E-state index is 4.27. The Hall–Kier alpha value is -1.42. The molecule has 4 nitrogen and oxygen atoms in total. The summed E-state index contributed by atoms with van der Waals surface area (Å²) in [6.07, 6.45) is 5.57. The summed E-state index contributed by atoms with van der Waals surface area (Å²) in [4.78, 5) is 0. The third-order valence-corrected chi connectivity index (χ3v) is 3.23. The molecule has 3 heterocycles. The molecular weight excluding hydrogens is 200 g/mol. The van der Waals surface area contributed by atoms with Crippen LogP contribution in [0.5, 0.6) is 0 Å². The van der Waals surface area contributed by atoms with Crippen molar-refractivity contribution >= 4 is 5.65 Å². The molecule has 1 aliphatic heterocycles. The first-order valence-corrected chi connectivity index (χ1v) is 5.86. The molecule has 4 heteroatoms. The fraction of sp³-hybridized carbons (Fsp3) is 0.500. The van der Waals surface area contributed by atoms with Crippen LogP contribution < -0.4 is 5.32 Å². The summed E-state index contributed by atoms with van der Waals surface area (Å²) < 4.78 is 2.09. The van der Waals surface area contributed by atoms with Crippen LogP contribution >= 0.6 is 0 Å². The van der Waals surface area contributed by atoms with Gasteiger partial charge in [-0.2, -0.15) is 0 Å². The Morgan fingerprint density at radius 1 is 1.50 bits per heavy atom. The molecule has 2 aromatic heterocycles. The van der Waals surface area contributed by atoms with Gasteiger partial charge in [-0.3, -0.25) is 4.40 Å². The average Bonchev–Trinajstić information content (AvgIpc) is 2.89. The van der Waals surface area contributed by atoms with Crippen molar-refractivity contribution in [2.24, 2.45) is 0 Å². The van der Waals surface area contributed by atoms with Crippen LogP contribution in [0.3, 0.4) is 0 Å². The minimum atomic E-state index is 0.578. The smallest absolute Gasteiger partial charge is 0.161 e. The van der Waals surface area contributed by atoms with Crippen molar-refractivity contribution in [3.8, 4) is 0 Å². The minimum Gasteiger partial charge on any atom is -0.314 e. The van der Waals surface area contributed by atoms with Crippen molar-refractivity contribution < 1.29 is 0 Å². The van der Waals surface area contributed by atoms with E-state index in [0.717, 1.165) is 24.4 Å². The van der Waals surface area contributed by atoms with E-state index in [1.807, 2.05) is 0 Å². The number of hydrogen-bond acceptors (Lipinski definition) is 3. The molecule has 0 aliphatic carbocycles. The monoisotopic (exact) mass is 216 g/mol. The summed E-state index contributed by atoms with van der Waals surface area (Å²) in [5, 5.41) is 12.0. The van der Waals surface area contributed by atoms with E-state index in [0.29, 0.717) is 6.04 Å². The molecule has 1 atom stereocenters. The van der Waals surface area contributed by atoms with Gasteiger partial charge in [0.05, 0.1) is 0 Å². The number of aromatic nitrogens is 3. The van der Waals surface area contributed by atoms with Crippen molar-refractivity contribution in [3.63, 3.8) is 0 Å². The average molecular weight is 216 g/mol. The lowest BCUT2D eigenvalue weighted by atomic mass is 10.1. The molecule has 2 aromatic rings. The zero-order chi connectivity index (χ0) is 11.0. The van der Waals surface area contributed by atoms with Gasteiger partial charge in [-0.15, -0.1) is 10.2 Å². The van der Waals surface area contributed by atoms with E-state index in [1.165, 1.54) is 18.4 Å². The molecule has 0 saturated carbocycles. The lowest BCUT2D eigenvalue weighted by Crippen LogP contribution is -2.24. The van der Waals surface area contributed by atoms with Gasteiger partial charge < -0.3 is 5.32 Å². The first-order chi connectivity index (χ1) is 7.83. The van der Waals surface area contributed by atoms with E-state index in [2.05, 4.69) is 45.2 Å². The Labute approximate surface area is 94.7 Å². The van der Waals surface area contributed by atoms with Crippen molar-refractivity contribution in [1.29, 1.82) is 0 Å². The lowest BCUT2D eigenvalue weighted by Gasteiger charge is -2.07. The quantitative estimate of drug-likeness (QED) is 0.823. The van der Waals surface area contributed by atoms with Crippen LogP contribution in [0, 0.1) is 6.92 Å². The molecule has 0 spiro atoms. The number of aryl methyl sites for hydroxylation is 1. The van der Waals surface area contributed by atoms with Crippen LogP contribution in [0.1, 0.15) is 24.2 Å². The first-order valence-electron chi connectivity index (χ1n) is 5.86. The molecule has 0 amide bonds. The molecule has 0 aromatic carbocycles. The summed E-state index contributed by atoms with van der Waals surface area (Å²) in [7, 11) is 0. The summed E-state index contributed by atoms with van der Waals surface area (Å²) >= 11 is 0. The van der Waals surface area contributed by atoms with Crippen LogP contribution in [0.4, 0.5) is 0 Å². The second-order valence-electron chi connectivity index (χ2n) is 4.55. The highest BCUT2D eigenvalue weighted by Gasteiger charge is 2.17. The van der Waals surface area contributed by atoms with E-state index >= 15 is 0 Å². The van der Waals surface area contributed by atoms with Gasteiger partial charge in [-0.25, -0.2) is 0 Å². The van der Waals surface area contributed by atoms with E-state index in [1.54, 1.807) is 0 Å². The van der Waals surface area contributed by atoms with Gasteiger partial charge in [0.25, 0.3) is 0 Å². The van der Waals surface area contributed by atoms with Gasteiger partial charge >= 0.3 is 0 Å². The summed E-state index contributed by atoms with van der Waals surface area (Å²) in [6.45, 7) is 3.22. The fourth-order valence-electron chi connectivity index (χ4n) is 2.33. The molecule has 3 rings (SSSR count). The normalized spacial score (nSPS) is 20.7. The predicted octanol–water partition coefficient (Wildman–Crippen LogP) is 1.33. The largest absolute Gasteiger partial charge is 0.314 e.